The quantitative estimate of drug-likeness (QED) is 0.780. The SMILES string of the molecule is CCOC(=O)C1CCCN(C(=O)CCNc2ncnc3sc(C)cc23)C1. The number of carbonyl (C=O) groups is 2. The number of aromatic nitrogens is 2. The number of likely N-dealkylation sites (tertiary alicyclic amines) is 1. The molecule has 7 nitrogen and oxygen atoms in total. The smallest absolute Gasteiger partial charge is 0.310 e. The molecule has 0 aliphatic carbocycles. The van der Waals surface area contributed by atoms with Gasteiger partial charge in [0.2, 0.25) is 5.91 Å². The molecule has 1 saturated heterocycles. The first-order chi connectivity index (χ1) is 12.6. The highest BCUT2D eigenvalue weighted by Gasteiger charge is 2.29. The van der Waals surface area contributed by atoms with Gasteiger partial charge in [-0.1, -0.05) is 0 Å². The predicted octanol–water partition coefficient (Wildman–Crippen LogP) is 2.60. The molecule has 0 radical (unpaired) electrons. The zero-order valence-corrected chi connectivity index (χ0v) is 16.0. The summed E-state index contributed by atoms with van der Waals surface area (Å²) < 4.78 is 5.09. The van der Waals surface area contributed by atoms with Crippen LogP contribution < -0.4 is 5.32 Å². The molecule has 140 valence electrons. The largest absolute Gasteiger partial charge is 0.466 e. The topological polar surface area (TPSA) is 84.4 Å². The van der Waals surface area contributed by atoms with Crippen LogP contribution in [0.3, 0.4) is 0 Å². The average Bonchev–Trinajstić information content (AvgIpc) is 3.03. The molecular formula is C18H24N4O3S. The Labute approximate surface area is 156 Å². The molecular weight excluding hydrogens is 352 g/mol. The van der Waals surface area contributed by atoms with E-state index >= 15 is 0 Å². The molecule has 8 heteroatoms. The second-order valence-corrected chi connectivity index (χ2v) is 7.64. The predicted molar refractivity (Wildman–Crippen MR) is 101 cm³/mol. The first-order valence-electron chi connectivity index (χ1n) is 8.98. The van der Waals surface area contributed by atoms with E-state index in [0.717, 1.165) is 28.9 Å². The Kier molecular flexibility index (Phi) is 6.03. The number of nitrogens with one attached hydrogen (secondary N) is 1. The van der Waals surface area contributed by atoms with Crippen LogP contribution in [-0.4, -0.2) is 53.0 Å². The highest BCUT2D eigenvalue weighted by Crippen LogP contribution is 2.27. The van der Waals surface area contributed by atoms with Crippen molar-refractivity contribution in [3.63, 3.8) is 0 Å². The molecule has 1 aliphatic rings. The van der Waals surface area contributed by atoms with Crippen molar-refractivity contribution in [3.05, 3.63) is 17.3 Å². The zero-order chi connectivity index (χ0) is 18.5. The van der Waals surface area contributed by atoms with Crippen molar-refractivity contribution in [2.45, 2.75) is 33.1 Å². The van der Waals surface area contributed by atoms with Crippen LogP contribution in [-0.2, 0) is 14.3 Å². The molecule has 3 heterocycles. The van der Waals surface area contributed by atoms with E-state index in [1.807, 2.05) is 6.92 Å². The Bertz CT molecular complexity index is 792. The summed E-state index contributed by atoms with van der Waals surface area (Å²) in [7, 11) is 0. The van der Waals surface area contributed by atoms with Crippen LogP contribution in [0.5, 0.6) is 0 Å². The molecule has 1 atom stereocenters. The van der Waals surface area contributed by atoms with Gasteiger partial charge in [-0.05, 0) is 32.8 Å². The van der Waals surface area contributed by atoms with E-state index in [9.17, 15) is 9.59 Å². The maximum Gasteiger partial charge on any atom is 0.310 e. The zero-order valence-electron chi connectivity index (χ0n) is 15.2. The van der Waals surface area contributed by atoms with E-state index in [2.05, 4.69) is 21.4 Å². The third-order valence-corrected chi connectivity index (χ3v) is 5.44. The summed E-state index contributed by atoms with van der Waals surface area (Å²) in [6.07, 6.45) is 3.53. The molecule has 1 aliphatic heterocycles. The Balaban J connectivity index is 1.52. The second kappa shape index (κ2) is 8.44. The molecule has 1 N–H and O–H groups in total. The number of ether oxygens (including phenoxy) is 1. The number of thiophene rings is 1. The molecule has 0 bridgehead atoms. The lowest BCUT2D eigenvalue weighted by Crippen LogP contribution is -2.43. The summed E-state index contributed by atoms with van der Waals surface area (Å²) in [5, 5.41) is 4.23. The fraction of sp³-hybridized carbons (Fsp3) is 0.556. The Hall–Kier alpha value is -2.22. The van der Waals surface area contributed by atoms with Gasteiger partial charge in [-0.3, -0.25) is 9.59 Å². The maximum absolute atomic E-state index is 12.5. The van der Waals surface area contributed by atoms with Crippen LogP contribution in [0.4, 0.5) is 5.82 Å². The van der Waals surface area contributed by atoms with Gasteiger partial charge in [-0.2, -0.15) is 0 Å². The number of hydrogen-bond acceptors (Lipinski definition) is 7. The lowest BCUT2D eigenvalue weighted by Gasteiger charge is -2.31. The first kappa shape index (κ1) is 18.6. The normalized spacial score (nSPS) is 17.3. The van der Waals surface area contributed by atoms with Crippen LogP contribution in [0.1, 0.15) is 31.1 Å². The lowest BCUT2D eigenvalue weighted by molar-refractivity contribution is -0.151. The van der Waals surface area contributed by atoms with Crippen LogP contribution >= 0.6 is 11.3 Å². The maximum atomic E-state index is 12.5. The fourth-order valence-electron chi connectivity index (χ4n) is 3.22. The Morgan fingerprint density at radius 2 is 2.27 bits per heavy atom. The minimum atomic E-state index is -0.198. The van der Waals surface area contributed by atoms with Gasteiger partial charge in [0.25, 0.3) is 0 Å². The van der Waals surface area contributed by atoms with Crippen molar-refractivity contribution in [3.8, 4) is 0 Å². The molecule has 26 heavy (non-hydrogen) atoms. The number of esters is 1. The summed E-state index contributed by atoms with van der Waals surface area (Å²) in [5.41, 5.74) is 0. The molecule has 3 rings (SSSR count). The number of fused-ring (bicyclic) bond motifs is 1. The number of rotatable bonds is 6. The Morgan fingerprint density at radius 1 is 1.42 bits per heavy atom. The first-order valence-corrected chi connectivity index (χ1v) is 9.79. The van der Waals surface area contributed by atoms with Gasteiger partial charge in [-0.25, -0.2) is 9.97 Å². The van der Waals surface area contributed by atoms with Gasteiger partial charge >= 0.3 is 5.97 Å². The van der Waals surface area contributed by atoms with E-state index in [1.54, 1.807) is 23.2 Å². The molecule has 1 unspecified atom stereocenters. The number of aryl methyl sites for hydroxylation is 1. The molecule has 2 aromatic heterocycles. The molecule has 0 spiro atoms. The highest BCUT2D eigenvalue weighted by molar-refractivity contribution is 7.18. The minimum Gasteiger partial charge on any atom is -0.466 e. The number of carbonyl (C=O) groups excluding carboxylic acids is 2. The van der Waals surface area contributed by atoms with Gasteiger partial charge in [0.05, 0.1) is 17.9 Å². The van der Waals surface area contributed by atoms with Crippen LogP contribution in [0, 0.1) is 12.8 Å². The van der Waals surface area contributed by atoms with Crippen molar-refractivity contribution in [2.24, 2.45) is 5.92 Å². The fourth-order valence-corrected chi connectivity index (χ4v) is 4.07. The number of nitrogens with zero attached hydrogens (tertiary/aromatic N) is 3. The van der Waals surface area contributed by atoms with Crippen molar-refractivity contribution in [1.29, 1.82) is 0 Å². The van der Waals surface area contributed by atoms with E-state index < -0.39 is 0 Å². The highest BCUT2D eigenvalue weighted by atomic mass is 32.1. The van der Waals surface area contributed by atoms with Gasteiger partial charge in [0.1, 0.15) is 17.0 Å². The third-order valence-electron chi connectivity index (χ3n) is 4.48. The second-order valence-electron chi connectivity index (χ2n) is 6.41. The third kappa shape index (κ3) is 4.30. The molecule has 1 fully saturated rings. The lowest BCUT2D eigenvalue weighted by atomic mass is 9.98. The number of amides is 1. The van der Waals surface area contributed by atoms with E-state index in [-0.39, 0.29) is 17.8 Å². The standard InChI is InChI=1S/C18H24N4O3S/c1-3-25-18(24)13-5-4-8-22(10-13)15(23)6-7-19-16-14-9-12(2)26-17(14)21-11-20-16/h9,11,13H,3-8,10H2,1-2H3,(H,19,20,21). The summed E-state index contributed by atoms with van der Waals surface area (Å²) in [6.45, 7) is 5.88. The van der Waals surface area contributed by atoms with E-state index in [0.29, 0.717) is 32.7 Å². The van der Waals surface area contributed by atoms with Crippen LogP contribution in [0.15, 0.2) is 12.4 Å². The molecule has 0 aromatic carbocycles. The summed E-state index contributed by atoms with van der Waals surface area (Å²) in [5.74, 6) is 0.420. The van der Waals surface area contributed by atoms with Crippen LogP contribution in [0.25, 0.3) is 10.2 Å². The van der Waals surface area contributed by atoms with Gasteiger partial charge < -0.3 is 15.0 Å². The van der Waals surface area contributed by atoms with E-state index in [4.69, 9.17) is 4.74 Å². The monoisotopic (exact) mass is 376 g/mol. The number of hydrogen-bond donors (Lipinski definition) is 1. The van der Waals surface area contributed by atoms with Crippen molar-refractivity contribution < 1.29 is 14.3 Å². The van der Waals surface area contributed by atoms with Crippen molar-refractivity contribution >= 4 is 39.2 Å². The van der Waals surface area contributed by atoms with Crippen molar-refractivity contribution in [2.75, 3.05) is 31.6 Å². The van der Waals surface area contributed by atoms with Gasteiger partial charge in [0.15, 0.2) is 0 Å². The Morgan fingerprint density at radius 3 is 3.08 bits per heavy atom. The minimum absolute atomic E-state index is 0.0540. The van der Waals surface area contributed by atoms with Crippen LogP contribution in [0.2, 0.25) is 0 Å². The molecule has 2 aromatic rings. The molecule has 1 amide bonds. The average molecular weight is 376 g/mol. The summed E-state index contributed by atoms with van der Waals surface area (Å²) >= 11 is 1.63. The van der Waals surface area contributed by atoms with Gasteiger partial charge in [0, 0.05) is 30.9 Å². The molecule has 0 saturated carbocycles. The van der Waals surface area contributed by atoms with Gasteiger partial charge in [-0.15, -0.1) is 11.3 Å². The number of anilines is 1. The summed E-state index contributed by atoms with van der Waals surface area (Å²) in [4.78, 5) is 36.8. The summed E-state index contributed by atoms with van der Waals surface area (Å²) in [6, 6.07) is 2.05. The number of piperidine rings is 1. The van der Waals surface area contributed by atoms with E-state index in [1.165, 1.54) is 11.2 Å². The van der Waals surface area contributed by atoms with Crippen molar-refractivity contribution in [1.82, 2.24) is 14.9 Å².